The largest absolute Gasteiger partial charge is 0.484 e. The van der Waals surface area contributed by atoms with Gasteiger partial charge in [-0.3, -0.25) is 0 Å². The average molecular weight is 367 g/mol. The normalized spacial score (nSPS) is 11.8. The number of benzene rings is 1. The number of nitrogens with one attached hydrogen (secondary N) is 1. The Kier molecular flexibility index (Phi) is 7.06. The van der Waals surface area contributed by atoms with Crippen LogP contribution in [0.25, 0.3) is 0 Å². The minimum atomic E-state index is -0.107. The molecule has 0 saturated carbocycles. The predicted octanol–water partition coefficient (Wildman–Crippen LogP) is 3.28. The maximum atomic E-state index is 11.9. The van der Waals surface area contributed by atoms with Gasteiger partial charge in [-0.25, -0.2) is 4.79 Å². The van der Waals surface area contributed by atoms with Gasteiger partial charge >= 0.3 is 6.03 Å². The molecule has 1 atom stereocenters. The number of rotatable bonds is 8. The number of ether oxygens (including phenoxy) is 1. The van der Waals surface area contributed by atoms with Crippen molar-refractivity contribution >= 4 is 17.6 Å². The van der Waals surface area contributed by atoms with Crippen LogP contribution in [0, 0.1) is 0 Å². The molecule has 25 heavy (non-hydrogen) atoms. The van der Waals surface area contributed by atoms with E-state index >= 15 is 0 Å². The molecule has 1 N–H and O–H groups in total. The van der Waals surface area contributed by atoms with Crippen molar-refractivity contribution in [3.05, 3.63) is 41.0 Å². The van der Waals surface area contributed by atoms with E-state index in [9.17, 15) is 4.79 Å². The molecule has 0 saturated heterocycles. The predicted molar refractivity (Wildman–Crippen MR) is 94.7 cm³/mol. The first-order valence-electron chi connectivity index (χ1n) is 8.19. The molecule has 136 valence electrons. The number of likely N-dealkylation sites (N-methyl/N-ethyl adjacent to an activating group) is 1. The van der Waals surface area contributed by atoms with E-state index in [0.717, 1.165) is 6.42 Å². The van der Waals surface area contributed by atoms with E-state index in [0.29, 0.717) is 35.5 Å². The number of hydrogen-bond acceptors (Lipinski definition) is 5. The van der Waals surface area contributed by atoms with Crippen LogP contribution in [0.4, 0.5) is 4.79 Å². The number of carbonyl (C=O) groups is 1. The van der Waals surface area contributed by atoms with Gasteiger partial charge in [0.05, 0.1) is 0 Å². The summed E-state index contributed by atoms with van der Waals surface area (Å²) >= 11 is 5.82. The summed E-state index contributed by atoms with van der Waals surface area (Å²) in [4.78, 5) is 17.8. The maximum Gasteiger partial charge on any atom is 0.317 e. The van der Waals surface area contributed by atoms with Gasteiger partial charge in [0.15, 0.2) is 12.4 Å². The van der Waals surface area contributed by atoms with E-state index in [2.05, 4.69) is 15.5 Å². The summed E-state index contributed by atoms with van der Waals surface area (Å²) in [5, 5.41) is 7.46. The first kappa shape index (κ1) is 19.1. The van der Waals surface area contributed by atoms with Gasteiger partial charge < -0.3 is 19.5 Å². The number of amides is 2. The monoisotopic (exact) mass is 366 g/mol. The third-order valence-electron chi connectivity index (χ3n) is 3.69. The fourth-order valence-corrected chi connectivity index (χ4v) is 2.04. The summed E-state index contributed by atoms with van der Waals surface area (Å²) in [6.07, 6.45) is 1.40. The number of aromatic nitrogens is 2. The second kappa shape index (κ2) is 9.27. The Bertz CT molecular complexity index is 675. The summed E-state index contributed by atoms with van der Waals surface area (Å²) in [6.45, 7) is 4.67. The number of urea groups is 1. The molecule has 0 radical (unpaired) electrons. The summed E-state index contributed by atoms with van der Waals surface area (Å²) < 4.78 is 10.7. The summed E-state index contributed by atoms with van der Waals surface area (Å²) in [5.74, 6) is 1.60. The molecule has 0 fully saturated rings. The van der Waals surface area contributed by atoms with Gasteiger partial charge in [0, 0.05) is 31.1 Å². The lowest BCUT2D eigenvalue weighted by Gasteiger charge is -2.20. The van der Waals surface area contributed by atoms with E-state index in [1.54, 1.807) is 36.2 Å². The molecule has 7 nitrogen and oxygen atoms in total. The molecule has 1 aromatic carbocycles. The van der Waals surface area contributed by atoms with Crippen molar-refractivity contribution in [3.8, 4) is 5.75 Å². The van der Waals surface area contributed by atoms with Crippen molar-refractivity contribution in [1.29, 1.82) is 0 Å². The number of hydrogen-bond donors (Lipinski definition) is 1. The average Bonchev–Trinajstić information content (AvgIpc) is 3.06. The summed E-state index contributed by atoms with van der Waals surface area (Å²) in [7, 11) is 1.74. The van der Waals surface area contributed by atoms with E-state index in [4.69, 9.17) is 20.9 Å². The van der Waals surface area contributed by atoms with Crippen LogP contribution >= 0.6 is 11.6 Å². The zero-order valence-electron chi connectivity index (χ0n) is 14.7. The first-order chi connectivity index (χ1) is 12.0. The molecule has 0 spiro atoms. The molecular formula is C17H23ClN4O3. The van der Waals surface area contributed by atoms with Crippen LogP contribution in [0.5, 0.6) is 5.75 Å². The molecule has 8 heteroatoms. The highest BCUT2D eigenvalue weighted by Gasteiger charge is 2.13. The molecule has 0 aliphatic rings. The Balaban J connectivity index is 1.77. The lowest BCUT2D eigenvalue weighted by molar-refractivity contribution is 0.205. The topological polar surface area (TPSA) is 80.5 Å². The van der Waals surface area contributed by atoms with Crippen LogP contribution in [0.15, 0.2) is 28.8 Å². The van der Waals surface area contributed by atoms with Crippen molar-refractivity contribution in [2.24, 2.45) is 0 Å². The highest BCUT2D eigenvalue weighted by atomic mass is 35.5. The van der Waals surface area contributed by atoms with Crippen molar-refractivity contribution in [2.45, 2.75) is 39.3 Å². The van der Waals surface area contributed by atoms with E-state index in [1.807, 2.05) is 13.8 Å². The second-order valence-corrected chi connectivity index (χ2v) is 6.21. The molecule has 1 aromatic heterocycles. The van der Waals surface area contributed by atoms with Crippen molar-refractivity contribution in [1.82, 2.24) is 20.4 Å². The molecule has 2 amide bonds. The van der Waals surface area contributed by atoms with Crippen LogP contribution in [0.2, 0.25) is 5.02 Å². The lowest BCUT2D eigenvalue weighted by Crippen LogP contribution is -2.42. The van der Waals surface area contributed by atoms with Gasteiger partial charge in [-0.1, -0.05) is 23.7 Å². The Morgan fingerprint density at radius 3 is 2.80 bits per heavy atom. The van der Waals surface area contributed by atoms with E-state index < -0.39 is 0 Å². The van der Waals surface area contributed by atoms with Crippen LogP contribution in [-0.4, -0.2) is 40.7 Å². The first-order valence-corrected chi connectivity index (χ1v) is 8.57. The third-order valence-corrected chi connectivity index (χ3v) is 3.94. The SMILES string of the molecule is CC[C@@H](C)NC(=O)N(C)CCc1noc(COc2ccc(Cl)cc2)n1. The molecule has 0 unspecified atom stereocenters. The van der Waals surface area contributed by atoms with Gasteiger partial charge in [0.25, 0.3) is 5.89 Å². The highest BCUT2D eigenvalue weighted by Crippen LogP contribution is 2.16. The Morgan fingerprint density at radius 2 is 2.12 bits per heavy atom. The quantitative estimate of drug-likeness (QED) is 0.775. The minimum absolute atomic E-state index is 0.107. The molecule has 0 aliphatic heterocycles. The van der Waals surface area contributed by atoms with Crippen LogP contribution in [0.1, 0.15) is 32.0 Å². The number of nitrogens with zero attached hydrogens (tertiary/aromatic N) is 3. The highest BCUT2D eigenvalue weighted by molar-refractivity contribution is 6.30. The van der Waals surface area contributed by atoms with E-state index in [-0.39, 0.29) is 18.7 Å². The number of halogens is 1. The van der Waals surface area contributed by atoms with Crippen molar-refractivity contribution in [2.75, 3.05) is 13.6 Å². The van der Waals surface area contributed by atoms with Crippen LogP contribution in [-0.2, 0) is 13.0 Å². The van der Waals surface area contributed by atoms with Crippen molar-refractivity contribution in [3.63, 3.8) is 0 Å². The zero-order chi connectivity index (χ0) is 18.2. The molecule has 0 bridgehead atoms. The fourth-order valence-electron chi connectivity index (χ4n) is 1.92. The molecular weight excluding hydrogens is 344 g/mol. The Labute approximate surface area is 152 Å². The molecule has 2 aromatic rings. The third kappa shape index (κ3) is 6.26. The smallest absolute Gasteiger partial charge is 0.317 e. The molecule has 0 aliphatic carbocycles. The molecule has 2 rings (SSSR count). The Morgan fingerprint density at radius 1 is 1.40 bits per heavy atom. The second-order valence-electron chi connectivity index (χ2n) is 5.78. The molecule has 1 heterocycles. The van der Waals surface area contributed by atoms with Gasteiger partial charge in [0.2, 0.25) is 0 Å². The standard InChI is InChI=1S/C17H23ClN4O3/c1-4-12(2)19-17(23)22(3)10-9-15-20-16(25-21-15)11-24-14-7-5-13(18)6-8-14/h5-8,12H,4,9-11H2,1-3H3,(H,19,23)/t12-/m1/s1. The summed E-state index contributed by atoms with van der Waals surface area (Å²) in [5.41, 5.74) is 0. The Hall–Kier alpha value is -2.28. The van der Waals surface area contributed by atoms with Crippen LogP contribution < -0.4 is 10.1 Å². The summed E-state index contributed by atoms with van der Waals surface area (Å²) in [6, 6.07) is 7.07. The van der Waals surface area contributed by atoms with Gasteiger partial charge in [-0.05, 0) is 37.6 Å². The van der Waals surface area contributed by atoms with Gasteiger partial charge in [0.1, 0.15) is 5.75 Å². The maximum absolute atomic E-state index is 11.9. The number of carbonyl (C=O) groups excluding carboxylic acids is 1. The van der Waals surface area contributed by atoms with E-state index in [1.165, 1.54) is 0 Å². The fraction of sp³-hybridized carbons (Fsp3) is 0.471. The van der Waals surface area contributed by atoms with Gasteiger partial charge in [-0.15, -0.1) is 0 Å². The zero-order valence-corrected chi connectivity index (χ0v) is 15.4. The van der Waals surface area contributed by atoms with Crippen molar-refractivity contribution < 1.29 is 14.1 Å². The van der Waals surface area contributed by atoms with Gasteiger partial charge in [-0.2, -0.15) is 4.98 Å². The lowest BCUT2D eigenvalue weighted by atomic mass is 10.3. The minimum Gasteiger partial charge on any atom is -0.484 e. The van der Waals surface area contributed by atoms with Crippen LogP contribution in [0.3, 0.4) is 0 Å².